The molecule has 2 fully saturated rings. The highest BCUT2D eigenvalue weighted by Gasteiger charge is 2.61. The molecule has 7 heteroatoms. The number of benzene rings is 2. The Kier molecular flexibility index (Phi) is 5.68. The summed E-state index contributed by atoms with van der Waals surface area (Å²) in [6.45, 7) is 0.198. The van der Waals surface area contributed by atoms with Gasteiger partial charge in [0.2, 0.25) is 11.8 Å². The van der Waals surface area contributed by atoms with Crippen molar-refractivity contribution in [1.82, 2.24) is 10.6 Å². The molecule has 5 rings (SSSR count). The standard InChI is InChI=1S/C25H27Cl2N3O2/c26-17-5-3-4-16(12-17)14-25(20-9-6-18(27)13-21(20)30-23(25)32)24(10-1-2-11-24)28-15-22(31)29-19-7-8-19/h3-6,9,12-13,19,28H,1-2,7-8,10-11,14-15H2,(H,29,31)(H,30,32). The van der Waals surface area contributed by atoms with Crippen LogP contribution >= 0.6 is 23.2 Å². The van der Waals surface area contributed by atoms with Crippen LogP contribution in [0, 0.1) is 0 Å². The monoisotopic (exact) mass is 471 g/mol. The van der Waals surface area contributed by atoms with E-state index < -0.39 is 11.0 Å². The molecule has 1 heterocycles. The van der Waals surface area contributed by atoms with Gasteiger partial charge in [-0.3, -0.25) is 9.59 Å². The van der Waals surface area contributed by atoms with Crippen LogP contribution in [0.2, 0.25) is 10.0 Å². The van der Waals surface area contributed by atoms with Crippen molar-refractivity contribution in [2.45, 2.75) is 61.9 Å². The quantitative estimate of drug-likeness (QED) is 0.552. The summed E-state index contributed by atoms with van der Waals surface area (Å²) in [6, 6.07) is 13.6. The lowest BCUT2D eigenvalue weighted by Gasteiger charge is -2.46. The Morgan fingerprint density at radius 3 is 2.53 bits per heavy atom. The summed E-state index contributed by atoms with van der Waals surface area (Å²) < 4.78 is 0. The van der Waals surface area contributed by atoms with Crippen molar-refractivity contribution >= 4 is 40.7 Å². The molecule has 2 saturated carbocycles. The second-order valence-corrected chi connectivity index (χ2v) is 10.2. The van der Waals surface area contributed by atoms with Crippen molar-refractivity contribution in [3.8, 4) is 0 Å². The van der Waals surface area contributed by atoms with Crippen LogP contribution in [0.15, 0.2) is 42.5 Å². The van der Waals surface area contributed by atoms with Gasteiger partial charge in [0.1, 0.15) is 0 Å². The first-order valence-electron chi connectivity index (χ1n) is 11.3. The first-order valence-corrected chi connectivity index (χ1v) is 12.1. The Morgan fingerprint density at radius 2 is 1.81 bits per heavy atom. The van der Waals surface area contributed by atoms with Gasteiger partial charge in [0.05, 0.1) is 12.0 Å². The molecule has 3 aliphatic rings. The highest BCUT2D eigenvalue weighted by atomic mass is 35.5. The lowest BCUT2D eigenvalue weighted by atomic mass is 9.61. The predicted octanol–water partition coefficient (Wildman–Crippen LogP) is 4.61. The van der Waals surface area contributed by atoms with Gasteiger partial charge in [-0.25, -0.2) is 0 Å². The second kappa shape index (κ2) is 8.36. The maximum atomic E-state index is 13.9. The van der Waals surface area contributed by atoms with E-state index in [1.54, 1.807) is 0 Å². The summed E-state index contributed by atoms with van der Waals surface area (Å²) >= 11 is 12.6. The van der Waals surface area contributed by atoms with E-state index in [0.717, 1.165) is 55.3 Å². The number of amides is 2. The van der Waals surface area contributed by atoms with Crippen molar-refractivity contribution in [2.75, 3.05) is 11.9 Å². The number of anilines is 1. The molecule has 2 aromatic carbocycles. The topological polar surface area (TPSA) is 70.2 Å². The van der Waals surface area contributed by atoms with Crippen LogP contribution in [0.25, 0.3) is 0 Å². The van der Waals surface area contributed by atoms with Gasteiger partial charge in [0, 0.05) is 27.3 Å². The second-order valence-electron chi connectivity index (χ2n) is 9.34. The van der Waals surface area contributed by atoms with Crippen LogP contribution < -0.4 is 16.0 Å². The van der Waals surface area contributed by atoms with Crippen LogP contribution in [-0.4, -0.2) is 29.9 Å². The highest BCUT2D eigenvalue weighted by Crippen LogP contribution is 2.53. The van der Waals surface area contributed by atoms with E-state index in [2.05, 4.69) is 16.0 Å². The molecular weight excluding hydrogens is 445 g/mol. The summed E-state index contributed by atoms with van der Waals surface area (Å²) in [5.74, 6) is -0.0573. The first-order chi connectivity index (χ1) is 15.4. The van der Waals surface area contributed by atoms with Gasteiger partial charge in [-0.1, -0.05) is 54.2 Å². The third kappa shape index (κ3) is 3.81. The van der Waals surface area contributed by atoms with Gasteiger partial charge in [0.25, 0.3) is 0 Å². The fourth-order valence-corrected chi connectivity index (χ4v) is 5.99. The van der Waals surface area contributed by atoms with Gasteiger partial charge in [-0.05, 0) is 67.5 Å². The summed E-state index contributed by atoms with van der Waals surface area (Å²) in [6.07, 6.45) is 6.23. The third-order valence-electron chi connectivity index (χ3n) is 7.24. The normalized spacial score (nSPS) is 23.6. The van der Waals surface area contributed by atoms with E-state index in [4.69, 9.17) is 23.2 Å². The Morgan fingerprint density at radius 1 is 1.06 bits per heavy atom. The lowest BCUT2D eigenvalue weighted by molar-refractivity contribution is -0.126. The number of fused-ring (bicyclic) bond motifs is 1. The van der Waals surface area contributed by atoms with Crippen LogP contribution in [0.3, 0.4) is 0 Å². The fourth-order valence-electron chi connectivity index (χ4n) is 5.61. The minimum absolute atomic E-state index is 0.00795. The van der Waals surface area contributed by atoms with Gasteiger partial charge < -0.3 is 16.0 Å². The minimum atomic E-state index is -0.867. The lowest BCUT2D eigenvalue weighted by Crippen LogP contribution is -2.64. The van der Waals surface area contributed by atoms with Gasteiger partial charge in [-0.2, -0.15) is 0 Å². The number of carbonyl (C=O) groups excluding carboxylic acids is 2. The average molecular weight is 472 g/mol. The van der Waals surface area contributed by atoms with E-state index in [9.17, 15) is 9.59 Å². The van der Waals surface area contributed by atoms with Crippen LogP contribution in [0.4, 0.5) is 5.69 Å². The van der Waals surface area contributed by atoms with Crippen LogP contribution in [0.1, 0.15) is 49.7 Å². The summed E-state index contributed by atoms with van der Waals surface area (Å²) in [7, 11) is 0. The molecule has 2 aromatic rings. The number of hydrogen-bond donors (Lipinski definition) is 3. The molecule has 0 radical (unpaired) electrons. The maximum Gasteiger partial charge on any atom is 0.237 e. The number of carbonyl (C=O) groups is 2. The zero-order chi connectivity index (χ0) is 22.3. The molecule has 0 aromatic heterocycles. The molecule has 168 valence electrons. The summed E-state index contributed by atoms with van der Waals surface area (Å²) in [4.78, 5) is 26.4. The van der Waals surface area contributed by atoms with Crippen molar-refractivity contribution in [1.29, 1.82) is 0 Å². The fraction of sp³-hybridized carbons (Fsp3) is 0.440. The Hall–Kier alpha value is -2.08. The zero-order valence-corrected chi connectivity index (χ0v) is 19.4. The molecule has 1 atom stereocenters. The molecule has 5 nitrogen and oxygen atoms in total. The molecule has 32 heavy (non-hydrogen) atoms. The molecule has 1 aliphatic heterocycles. The number of halogens is 2. The van der Waals surface area contributed by atoms with Crippen LogP contribution in [-0.2, 0) is 21.4 Å². The van der Waals surface area contributed by atoms with E-state index in [1.165, 1.54) is 0 Å². The van der Waals surface area contributed by atoms with Gasteiger partial charge in [-0.15, -0.1) is 0 Å². The summed E-state index contributed by atoms with van der Waals surface area (Å²) in [5, 5.41) is 11.0. The summed E-state index contributed by atoms with van der Waals surface area (Å²) in [5.41, 5.74) is 1.27. The van der Waals surface area contributed by atoms with Crippen molar-refractivity contribution < 1.29 is 9.59 Å². The smallest absolute Gasteiger partial charge is 0.237 e. The van der Waals surface area contributed by atoms with Crippen molar-refractivity contribution in [2.24, 2.45) is 0 Å². The average Bonchev–Trinajstić information content (AvgIpc) is 3.35. The van der Waals surface area contributed by atoms with Crippen LogP contribution in [0.5, 0.6) is 0 Å². The number of hydrogen-bond acceptors (Lipinski definition) is 3. The van der Waals surface area contributed by atoms with E-state index in [0.29, 0.717) is 22.5 Å². The molecule has 0 bridgehead atoms. The Balaban J connectivity index is 1.58. The van der Waals surface area contributed by atoms with Gasteiger partial charge >= 0.3 is 0 Å². The minimum Gasteiger partial charge on any atom is -0.352 e. The molecule has 0 spiro atoms. The third-order valence-corrected chi connectivity index (χ3v) is 7.71. The van der Waals surface area contributed by atoms with Gasteiger partial charge in [0.15, 0.2) is 0 Å². The molecule has 1 unspecified atom stereocenters. The Labute approximate surface area is 198 Å². The van der Waals surface area contributed by atoms with Crippen molar-refractivity contribution in [3.05, 3.63) is 63.6 Å². The number of rotatable bonds is 7. The molecular formula is C25H27Cl2N3O2. The molecule has 2 aliphatic carbocycles. The van der Waals surface area contributed by atoms with E-state index in [-0.39, 0.29) is 18.4 Å². The maximum absolute atomic E-state index is 13.9. The van der Waals surface area contributed by atoms with E-state index >= 15 is 0 Å². The largest absolute Gasteiger partial charge is 0.352 e. The molecule has 0 saturated heterocycles. The number of nitrogens with one attached hydrogen (secondary N) is 3. The van der Waals surface area contributed by atoms with E-state index in [1.807, 2.05) is 42.5 Å². The first kappa shape index (κ1) is 21.7. The van der Waals surface area contributed by atoms with Crippen molar-refractivity contribution in [3.63, 3.8) is 0 Å². The zero-order valence-electron chi connectivity index (χ0n) is 17.8. The highest BCUT2D eigenvalue weighted by molar-refractivity contribution is 6.31. The predicted molar refractivity (Wildman–Crippen MR) is 127 cm³/mol. The SMILES string of the molecule is O=C(CNC1(C2(Cc3cccc(Cl)c3)C(=O)Nc3cc(Cl)ccc32)CCCC1)NC1CC1. The molecule has 3 N–H and O–H groups in total. The Bertz CT molecular complexity index is 1060. The molecule has 2 amide bonds.